The Bertz CT molecular complexity index is 453. The topological polar surface area (TPSA) is 105 Å². The van der Waals surface area contributed by atoms with Gasteiger partial charge < -0.3 is 20.6 Å². The maximum absolute atomic E-state index is 12.6. The Kier molecular flexibility index (Phi) is 8.74. The Morgan fingerprint density at radius 1 is 1.29 bits per heavy atom. The van der Waals surface area contributed by atoms with Crippen molar-refractivity contribution in [1.29, 1.82) is 0 Å². The van der Waals surface area contributed by atoms with Gasteiger partial charge in [0.25, 0.3) is 0 Å². The van der Waals surface area contributed by atoms with Gasteiger partial charge in [0.2, 0.25) is 11.8 Å². The van der Waals surface area contributed by atoms with E-state index in [9.17, 15) is 14.7 Å². The molecule has 0 aromatic carbocycles. The molecule has 1 fully saturated rings. The number of aliphatic hydroxyl groups is 1. The summed E-state index contributed by atoms with van der Waals surface area (Å²) in [6.45, 7) is 2.18. The minimum Gasteiger partial charge on any atom is -0.399 e. The average molecular weight is 341 g/mol. The number of carbonyl (C=O) groups is 2. The lowest BCUT2D eigenvalue weighted by atomic mass is 9.90. The monoisotopic (exact) mass is 341 g/mol. The van der Waals surface area contributed by atoms with E-state index >= 15 is 0 Å². The average Bonchev–Trinajstić information content (AvgIpc) is 2.91. The molecule has 7 nitrogen and oxygen atoms in total. The van der Waals surface area contributed by atoms with Crippen LogP contribution in [0, 0.1) is 0 Å². The molecule has 0 radical (unpaired) electrons. The van der Waals surface area contributed by atoms with Crippen LogP contribution < -0.4 is 5.73 Å². The first kappa shape index (κ1) is 20.4. The number of rotatable bonds is 11. The number of primary amides is 1. The van der Waals surface area contributed by atoms with Gasteiger partial charge in [-0.2, -0.15) is 0 Å². The summed E-state index contributed by atoms with van der Waals surface area (Å²) in [6.07, 6.45) is 7.24. The molecule has 1 aliphatic rings. The Hall–Kier alpha value is -1.63. The fourth-order valence-corrected chi connectivity index (χ4v) is 3.28. The summed E-state index contributed by atoms with van der Waals surface area (Å²) in [7, 11) is 1.42. The maximum atomic E-state index is 12.6. The van der Waals surface area contributed by atoms with Gasteiger partial charge in [-0.05, 0) is 6.42 Å². The highest BCUT2D eigenvalue weighted by atomic mass is 16.6. The second-order valence-corrected chi connectivity index (χ2v) is 6.38. The molecule has 0 aromatic rings. The Labute approximate surface area is 144 Å². The summed E-state index contributed by atoms with van der Waals surface area (Å²) in [5.41, 5.74) is 4.98. The number of oxime groups is 1. The molecule has 2 amide bonds. The molecule has 24 heavy (non-hydrogen) atoms. The van der Waals surface area contributed by atoms with Gasteiger partial charge in [-0.1, -0.05) is 44.2 Å². The number of likely N-dealkylation sites (tertiary alicyclic amines) is 1. The Morgan fingerprint density at radius 2 is 1.96 bits per heavy atom. The highest BCUT2D eigenvalue weighted by Crippen LogP contribution is 2.32. The highest BCUT2D eigenvalue weighted by molar-refractivity contribution is 6.03. The van der Waals surface area contributed by atoms with Crippen molar-refractivity contribution in [2.75, 3.05) is 20.3 Å². The third kappa shape index (κ3) is 5.19. The van der Waals surface area contributed by atoms with Crippen LogP contribution in [0.15, 0.2) is 5.16 Å². The van der Waals surface area contributed by atoms with E-state index in [1.807, 2.05) is 0 Å². The van der Waals surface area contributed by atoms with Gasteiger partial charge in [0, 0.05) is 25.9 Å². The van der Waals surface area contributed by atoms with Gasteiger partial charge in [0.15, 0.2) is 0 Å². The molecular formula is C17H31N3O4. The molecule has 1 unspecified atom stereocenters. The quantitative estimate of drug-likeness (QED) is 0.439. The van der Waals surface area contributed by atoms with Crippen LogP contribution in [-0.4, -0.2) is 53.3 Å². The maximum Gasteiger partial charge on any atom is 0.243 e. The van der Waals surface area contributed by atoms with Crippen LogP contribution in [0.5, 0.6) is 0 Å². The molecule has 1 heterocycles. The van der Waals surface area contributed by atoms with Gasteiger partial charge in [0.05, 0.1) is 12.3 Å². The summed E-state index contributed by atoms with van der Waals surface area (Å²) < 4.78 is 0. The van der Waals surface area contributed by atoms with Crippen molar-refractivity contribution >= 4 is 17.5 Å². The molecule has 0 aliphatic carbocycles. The first-order chi connectivity index (χ1) is 11.5. The van der Waals surface area contributed by atoms with Crippen molar-refractivity contribution in [3.8, 4) is 0 Å². The van der Waals surface area contributed by atoms with Crippen molar-refractivity contribution in [3.63, 3.8) is 0 Å². The summed E-state index contributed by atoms with van der Waals surface area (Å²) in [5, 5.41) is 13.2. The first-order valence-electron chi connectivity index (χ1n) is 8.82. The molecular weight excluding hydrogens is 310 g/mol. The van der Waals surface area contributed by atoms with E-state index in [0.29, 0.717) is 12.1 Å². The first-order valence-corrected chi connectivity index (χ1v) is 8.82. The second-order valence-electron chi connectivity index (χ2n) is 6.38. The predicted molar refractivity (Wildman–Crippen MR) is 92.4 cm³/mol. The summed E-state index contributed by atoms with van der Waals surface area (Å²) >= 11 is 0. The van der Waals surface area contributed by atoms with Crippen molar-refractivity contribution in [3.05, 3.63) is 0 Å². The number of amides is 2. The van der Waals surface area contributed by atoms with Crippen molar-refractivity contribution in [2.24, 2.45) is 10.9 Å². The number of hydrogen-bond donors (Lipinski definition) is 2. The second kappa shape index (κ2) is 10.3. The van der Waals surface area contributed by atoms with Crippen molar-refractivity contribution in [2.45, 2.75) is 70.3 Å². The third-order valence-electron chi connectivity index (χ3n) is 4.60. The molecule has 0 aromatic heterocycles. The Morgan fingerprint density at radius 3 is 2.54 bits per heavy atom. The lowest BCUT2D eigenvalue weighted by Crippen LogP contribution is -2.56. The summed E-state index contributed by atoms with van der Waals surface area (Å²) in [6, 6.07) is 0. The van der Waals surface area contributed by atoms with Crippen molar-refractivity contribution < 1.29 is 19.5 Å². The zero-order valence-electron chi connectivity index (χ0n) is 14.9. The number of aliphatic hydroxyl groups excluding tert-OH is 1. The summed E-state index contributed by atoms with van der Waals surface area (Å²) in [4.78, 5) is 30.9. The van der Waals surface area contributed by atoms with Crippen LogP contribution in [-0.2, 0) is 14.4 Å². The van der Waals surface area contributed by atoms with Crippen LogP contribution in [0.1, 0.15) is 64.7 Å². The lowest BCUT2D eigenvalue weighted by Gasteiger charge is -2.34. The van der Waals surface area contributed by atoms with E-state index in [2.05, 4.69) is 12.1 Å². The van der Waals surface area contributed by atoms with E-state index < -0.39 is 11.4 Å². The molecule has 0 spiro atoms. The lowest BCUT2D eigenvalue weighted by molar-refractivity contribution is -0.144. The van der Waals surface area contributed by atoms with E-state index in [0.717, 1.165) is 19.3 Å². The van der Waals surface area contributed by atoms with Crippen LogP contribution in [0.3, 0.4) is 0 Å². The predicted octanol–water partition coefficient (Wildman–Crippen LogP) is 1.58. The fourth-order valence-electron chi connectivity index (χ4n) is 3.28. The zero-order valence-corrected chi connectivity index (χ0v) is 14.9. The van der Waals surface area contributed by atoms with Crippen LogP contribution >= 0.6 is 0 Å². The number of hydrogen-bond acceptors (Lipinski definition) is 5. The van der Waals surface area contributed by atoms with Gasteiger partial charge in [-0.25, -0.2) is 0 Å². The number of unbranched alkanes of at least 4 members (excludes halogenated alkanes) is 5. The van der Waals surface area contributed by atoms with Crippen LogP contribution in [0.4, 0.5) is 0 Å². The zero-order chi connectivity index (χ0) is 18.0. The minimum atomic E-state index is -1.19. The molecule has 138 valence electrons. The van der Waals surface area contributed by atoms with E-state index in [-0.39, 0.29) is 31.9 Å². The molecule has 3 N–H and O–H groups in total. The minimum absolute atomic E-state index is 0.112. The van der Waals surface area contributed by atoms with Gasteiger partial charge in [-0.3, -0.25) is 9.59 Å². The largest absolute Gasteiger partial charge is 0.399 e. The molecule has 1 aliphatic heterocycles. The number of nitrogens with two attached hydrogens (primary N) is 1. The number of carbonyl (C=O) groups excluding carboxylic acids is 2. The van der Waals surface area contributed by atoms with Crippen LogP contribution in [0.2, 0.25) is 0 Å². The SMILES string of the molecule is CCCCCCCCC(=O)N1CC(=NOC)CC1(CCO)C(N)=O. The van der Waals surface area contributed by atoms with Crippen LogP contribution in [0.25, 0.3) is 0 Å². The highest BCUT2D eigenvalue weighted by Gasteiger charge is 2.50. The van der Waals surface area contributed by atoms with E-state index in [4.69, 9.17) is 10.6 Å². The van der Waals surface area contributed by atoms with Gasteiger partial charge >= 0.3 is 0 Å². The third-order valence-corrected chi connectivity index (χ3v) is 4.60. The smallest absolute Gasteiger partial charge is 0.243 e. The number of nitrogens with zero attached hydrogens (tertiary/aromatic N) is 2. The fraction of sp³-hybridized carbons (Fsp3) is 0.824. The van der Waals surface area contributed by atoms with Crippen molar-refractivity contribution in [1.82, 2.24) is 4.90 Å². The molecule has 1 saturated heterocycles. The molecule has 1 atom stereocenters. The molecule has 0 bridgehead atoms. The van der Waals surface area contributed by atoms with Gasteiger partial charge in [-0.15, -0.1) is 0 Å². The van der Waals surface area contributed by atoms with E-state index in [1.165, 1.54) is 31.3 Å². The Balaban J connectivity index is 2.71. The standard InChI is InChI=1S/C17H31N3O4/c1-3-4-5-6-7-8-9-15(22)20-13-14(19-24-2)12-17(20,10-11-21)16(18)23/h21H,3-13H2,1-2H3,(H2,18,23). The molecule has 1 rings (SSSR count). The normalized spacial score (nSPS) is 22.1. The molecule has 0 saturated carbocycles. The summed E-state index contributed by atoms with van der Waals surface area (Å²) in [5.74, 6) is -0.715. The van der Waals surface area contributed by atoms with E-state index in [1.54, 1.807) is 0 Å². The van der Waals surface area contributed by atoms with Gasteiger partial charge in [0.1, 0.15) is 12.6 Å². The molecule has 7 heteroatoms.